The summed E-state index contributed by atoms with van der Waals surface area (Å²) >= 11 is 3.36. The second-order valence-corrected chi connectivity index (χ2v) is 3.15. The summed E-state index contributed by atoms with van der Waals surface area (Å²) in [5.41, 5.74) is 1.87. The molecule has 0 saturated carbocycles. The van der Waals surface area contributed by atoms with Gasteiger partial charge in [0.25, 0.3) is 0 Å². The van der Waals surface area contributed by atoms with Gasteiger partial charge in [0.2, 0.25) is 0 Å². The van der Waals surface area contributed by atoms with E-state index in [4.69, 9.17) is 6.57 Å². The van der Waals surface area contributed by atoms with Gasteiger partial charge in [0.05, 0.1) is 6.57 Å². The van der Waals surface area contributed by atoms with Crippen LogP contribution in [0.4, 0.5) is 5.69 Å². The van der Waals surface area contributed by atoms with Gasteiger partial charge < -0.3 is 0 Å². The van der Waals surface area contributed by atoms with Crippen LogP contribution in [0.15, 0.2) is 22.7 Å². The van der Waals surface area contributed by atoms with Crippen LogP contribution in [0, 0.1) is 6.57 Å². The second kappa shape index (κ2) is 3.54. The first-order valence-electron chi connectivity index (χ1n) is 3.43. The summed E-state index contributed by atoms with van der Waals surface area (Å²) in [6.45, 7) is 8.92. The Kier molecular flexibility index (Phi) is 2.67. The maximum absolute atomic E-state index is 6.87. The molecule has 0 heterocycles. The van der Waals surface area contributed by atoms with Gasteiger partial charge in [-0.05, 0) is 12.0 Å². The van der Waals surface area contributed by atoms with E-state index in [9.17, 15) is 0 Å². The van der Waals surface area contributed by atoms with Gasteiger partial charge in [-0.3, -0.25) is 0 Å². The van der Waals surface area contributed by atoms with E-state index in [1.807, 2.05) is 18.2 Å². The van der Waals surface area contributed by atoms with Crippen LogP contribution in [-0.2, 0) is 6.42 Å². The van der Waals surface area contributed by atoms with Gasteiger partial charge in [0, 0.05) is 4.47 Å². The molecule has 1 rings (SSSR count). The van der Waals surface area contributed by atoms with Crippen molar-refractivity contribution < 1.29 is 0 Å². The molecule has 0 bridgehead atoms. The van der Waals surface area contributed by atoms with Crippen molar-refractivity contribution in [3.63, 3.8) is 0 Å². The summed E-state index contributed by atoms with van der Waals surface area (Å²) in [7, 11) is 0. The van der Waals surface area contributed by atoms with Gasteiger partial charge in [-0.2, -0.15) is 0 Å². The fraction of sp³-hybridized carbons (Fsp3) is 0.222. The van der Waals surface area contributed by atoms with E-state index in [0.717, 1.165) is 22.1 Å². The first-order chi connectivity index (χ1) is 5.27. The quantitative estimate of drug-likeness (QED) is 0.624. The van der Waals surface area contributed by atoms with E-state index < -0.39 is 0 Å². The molecule has 0 unspecified atom stereocenters. The summed E-state index contributed by atoms with van der Waals surface area (Å²) in [4.78, 5) is 3.41. The minimum absolute atomic E-state index is 0.760. The third kappa shape index (κ3) is 1.81. The summed E-state index contributed by atoms with van der Waals surface area (Å²) in [6.07, 6.45) is 0.914. The van der Waals surface area contributed by atoms with E-state index >= 15 is 0 Å². The normalized spacial score (nSPS) is 9.18. The average molecular weight is 210 g/mol. The lowest BCUT2D eigenvalue weighted by Gasteiger charge is -1.99. The standard InChI is InChI=1S/C9H8BrN/c1-3-7-6-8(10)4-5-9(7)11-2/h4-6H,3H2,1H3. The Morgan fingerprint density at radius 1 is 1.55 bits per heavy atom. The molecule has 0 amide bonds. The van der Waals surface area contributed by atoms with Crippen LogP contribution in [0.5, 0.6) is 0 Å². The minimum Gasteiger partial charge on any atom is -0.238 e. The van der Waals surface area contributed by atoms with Crippen LogP contribution in [0.3, 0.4) is 0 Å². The molecule has 2 heteroatoms. The molecule has 1 aromatic rings. The van der Waals surface area contributed by atoms with Crippen LogP contribution in [0.1, 0.15) is 12.5 Å². The summed E-state index contributed by atoms with van der Waals surface area (Å²) in [5, 5.41) is 0. The Hall–Kier alpha value is -0.810. The predicted molar refractivity (Wildman–Crippen MR) is 49.8 cm³/mol. The lowest BCUT2D eigenvalue weighted by atomic mass is 10.1. The lowest BCUT2D eigenvalue weighted by molar-refractivity contribution is 1.14. The average Bonchev–Trinajstić information content (AvgIpc) is 2.04. The number of aryl methyl sites for hydroxylation is 1. The largest absolute Gasteiger partial charge is 0.238 e. The van der Waals surface area contributed by atoms with Crippen molar-refractivity contribution >= 4 is 21.6 Å². The topological polar surface area (TPSA) is 4.36 Å². The SMILES string of the molecule is [C-]#[N+]c1ccc(Br)cc1CC. The molecular weight excluding hydrogens is 202 g/mol. The first kappa shape index (κ1) is 8.29. The van der Waals surface area contributed by atoms with Gasteiger partial charge in [0.1, 0.15) is 0 Å². The molecule has 0 aliphatic rings. The highest BCUT2D eigenvalue weighted by Crippen LogP contribution is 2.23. The van der Waals surface area contributed by atoms with Crippen LogP contribution in [0.2, 0.25) is 0 Å². The van der Waals surface area contributed by atoms with Crippen LogP contribution in [-0.4, -0.2) is 0 Å². The summed E-state index contributed by atoms with van der Waals surface area (Å²) < 4.78 is 1.04. The maximum Gasteiger partial charge on any atom is 0.190 e. The lowest BCUT2D eigenvalue weighted by Crippen LogP contribution is -1.79. The van der Waals surface area contributed by atoms with Crippen molar-refractivity contribution in [3.8, 4) is 0 Å². The van der Waals surface area contributed by atoms with Crippen molar-refractivity contribution in [1.29, 1.82) is 0 Å². The highest BCUT2D eigenvalue weighted by atomic mass is 79.9. The number of hydrogen-bond donors (Lipinski definition) is 0. The molecule has 0 N–H and O–H groups in total. The van der Waals surface area contributed by atoms with E-state index in [1.54, 1.807) is 0 Å². The fourth-order valence-electron chi connectivity index (χ4n) is 0.946. The Labute approximate surface area is 75.0 Å². The Bertz CT molecular complexity index is 299. The smallest absolute Gasteiger partial charge is 0.190 e. The molecule has 1 aromatic carbocycles. The summed E-state index contributed by atoms with van der Waals surface area (Å²) in [5.74, 6) is 0. The minimum atomic E-state index is 0.760. The number of halogens is 1. The fourth-order valence-corrected chi connectivity index (χ4v) is 1.35. The van der Waals surface area contributed by atoms with Crippen molar-refractivity contribution in [1.82, 2.24) is 0 Å². The maximum atomic E-state index is 6.87. The molecule has 11 heavy (non-hydrogen) atoms. The number of nitrogens with zero attached hydrogens (tertiary/aromatic N) is 1. The van der Waals surface area contributed by atoms with E-state index in [2.05, 4.69) is 27.7 Å². The van der Waals surface area contributed by atoms with Crippen LogP contribution < -0.4 is 0 Å². The van der Waals surface area contributed by atoms with Crippen LogP contribution in [0.25, 0.3) is 4.85 Å². The molecule has 0 spiro atoms. The number of benzene rings is 1. The monoisotopic (exact) mass is 209 g/mol. The first-order valence-corrected chi connectivity index (χ1v) is 4.23. The second-order valence-electron chi connectivity index (χ2n) is 2.24. The van der Waals surface area contributed by atoms with Gasteiger partial charge in [-0.1, -0.05) is 41.1 Å². The molecule has 0 aromatic heterocycles. The molecule has 0 atom stereocenters. The van der Waals surface area contributed by atoms with Gasteiger partial charge in [0.15, 0.2) is 5.69 Å². The Morgan fingerprint density at radius 2 is 2.27 bits per heavy atom. The van der Waals surface area contributed by atoms with Crippen molar-refractivity contribution in [3.05, 3.63) is 39.7 Å². The number of hydrogen-bond acceptors (Lipinski definition) is 0. The van der Waals surface area contributed by atoms with Crippen LogP contribution >= 0.6 is 15.9 Å². The Morgan fingerprint density at radius 3 is 2.82 bits per heavy atom. The molecule has 1 nitrogen and oxygen atoms in total. The van der Waals surface area contributed by atoms with E-state index in [1.165, 1.54) is 0 Å². The zero-order valence-corrected chi connectivity index (χ0v) is 7.85. The number of rotatable bonds is 1. The predicted octanol–water partition coefficient (Wildman–Crippen LogP) is 3.56. The van der Waals surface area contributed by atoms with E-state index in [-0.39, 0.29) is 0 Å². The third-order valence-electron chi connectivity index (χ3n) is 1.54. The molecule has 56 valence electrons. The third-order valence-corrected chi connectivity index (χ3v) is 2.04. The molecule has 0 aliphatic carbocycles. The van der Waals surface area contributed by atoms with Crippen molar-refractivity contribution in [2.24, 2.45) is 0 Å². The molecule has 0 saturated heterocycles. The zero-order valence-electron chi connectivity index (χ0n) is 6.26. The van der Waals surface area contributed by atoms with E-state index in [0.29, 0.717) is 0 Å². The van der Waals surface area contributed by atoms with Gasteiger partial charge in [-0.25, -0.2) is 4.85 Å². The van der Waals surface area contributed by atoms with Crippen molar-refractivity contribution in [2.45, 2.75) is 13.3 Å². The highest BCUT2D eigenvalue weighted by Gasteiger charge is 1.98. The van der Waals surface area contributed by atoms with Gasteiger partial charge >= 0.3 is 0 Å². The molecule has 0 aliphatic heterocycles. The summed E-state index contributed by atoms with van der Waals surface area (Å²) in [6, 6.07) is 5.73. The Balaban J connectivity index is 3.19. The molecule has 0 radical (unpaired) electrons. The molecular formula is C9H8BrN. The zero-order chi connectivity index (χ0) is 8.27. The van der Waals surface area contributed by atoms with Crippen molar-refractivity contribution in [2.75, 3.05) is 0 Å². The highest BCUT2D eigenvalue weighted by molar-refractivity contribution is 9.10. The van der Waals surface area contributed by atoms with Gasteiger partial charge in [-0.15, -0.1) is 0 Å². The molecule has 0 fully saturated rings.